The van der Waals surface area contributed by atoms with Gasteiger partial charge in [-0.25, -0.2) is 4.98 Å². The van der Waals surface area contributed by atoms with Crippen LogP contribution in [0.4, 0.5) is 0 Å². The number of nitrogens with zero attached hydrogens (tertiary/aromatic N) is 4. The Balaban J connectivity index is 1.57. The summed E-state index contributed by atoms with van der Waals surface area (Å²) in [7, 11) is 0. The monoisotopic (exact) mass is 296 g/mol. The van der Waals surface area contributed by atoms with Crippen LogP contribution in [0.2, 0.25) is 0 Å². The number of rotatable bonds is 4. The summed E-state index contributed by atoms with van der Waals surface area (Å²) in [6, 6.07) is 8.83. The molecule has 1 aliphatic heterocycles. The summed E-state index contributed by atoms with van der Waals surface area (Å²) in [6.07, 6.45) is 5.87. The zero-order chi connectivity index (χ0) is 14.9. The minimum atomic E-state index is 0.523. The lowest BCUT2D eigenvalue weighted by Gasteiger charge is -2.24. The molecule has 22 heavy (non-hydrogen) atoms. The quantitative estimate of drug-likeness (QED) is 0.742. The van der Waals surface area contributed by atoms with E-state index < -0.39 is 0 Å². The van der Waals surface area contributed by atoms with Gasteiger partial charge in [0.25, 0.3) is 0 Å². The van der Waals surface area contributed by atoms with Gasteiger partial charge in [-0.1, -0.05) is 18.2 Å². The lowest BCUT2D eigenvalue weighted by atomic mass is 10.1. The van der Waals surface area contributed by atoms with Gasteiger partial charge in [0.1, 0.15) is 24.0 Å². The fraction of sp³-hybridized carbons (Fsp3) is 0.412. The molecule has 0 saturated carbocycles. The first-order valence-electron chi connectivity index (χ1n) is 7.85. The van der Waals surface area contributed by atoms with Gasteiger partial charge in [-0.3, -0.25) is 9.58 Å². The van der Waals surface area contributed by atoms with Crippen molar-refractivity contribution < 1.29 is 4.42 Å². The van der Waals surface area contributed by atoms with E-state index in [4.69, 9.17) is 4.42 Å². The summed E-state index contributed by atoms with van der Waals surface area (Å²) in [5.41, 5.74) is 2.31. The smallest absolute Gasteiger partial charge is 0.137 e. The third-order valence-corrected chi connectivity index (χ3v) is 4.62. The summed E-state index contributed by atoms with van der Waals surface area (Å²) in [5.74, 6) is 1.03. The highest BCUT2D eigenvalue weighted by Gasteiger charge is 2.26. The molecule has 0 amide bonds. The number of aromatic nitrogens is 3. The third kappa shape index (κ3) is 2.41. The highest BCUT2D eigenvalue weighted by atomic mass is 16.3. The fourth-order valence-electron chi connectivity index (χ4n) is 3.47. The van der Waals surface area contributed by atoms with E-state index in [9.17, 15) is 0 Å². The van der Waals surface area contributed by atoms with E-state index in [2.05, 4.69) is 34.0 Å². The molecule has 114 valence electrons. The van der Waals surface area contributed by atoms with Crippen LogP contribution in [0, 0.1) is 6.92 Å². The predicted molar refractivity (Wildman–Crippen MR) is 84.4 cm³/mol. The Hall–Kier alpha value is -2.14. The van der Waals surface area contributed by atoms with Crippen molar-refractivity contribution in [2.24, 2.45) is 0 Å². The van der Waals surface area contributed by atoms with Crippen LogP contribution >= 0.6 is 0 Å². The van der Waals surface area contributed by atoms with Gasteiger partial charge in [-0.15, -0.1) is 0 Å². The molecule has 0 radical (unpaired) electrons. The summed E-state index contributed by atoms with van der Waals surface area (Å²) in [6.45, 7) is 5.06. The Morgan fingerprint density at radius 1 is 1.32 bits per heavy atom. The molecule has 5 heteroatoms. The molecule has 1 unspecified atom stereocenters. The Morgan fingerprint density at radius 3 is 3.09 bits per heavy atom. The van der Waals surface area contributed by atoms with Gasteiger partial charge in [0.05, 0.1) is 6.54 Å². The van der Waals surface area contributed by atoms with E-state index in [1.165, 1.54) is 23.8 Å². The molecule has 0 N–H and O–H groups in total. The maximum atomic E-state index is 5.90. The van der Waals surface area contributed by atoms with Crippen LogP contribution in [0.15, 0.2) is 41.3 Å². The van der Waals surface area contributed by atoms with E-state index in [0.29, 0.717) is 6.04 Å². The largest absolute Gasteiger partial charge is 0.461 e. The molecule has 0 spiro atoms. The van der Waals surface area contributed by atoms with Crippen molar-refractivity contribution in [2.45, 2.75) is 38.9 Å². The van der Waals surface area contributed by atoms with Crippen LogP contribution in [0.25, 0.3) is 11.0 Å². The van der Waals surface area contributed by atoms with Crippen LogP contribution in [0.3, 0.4) is 0 Å². The van der Waals surface area contributed by atoms with Gasteiger partial charge < -0.3 is 4.42 Å². The molecule has 3 aromatic rings. The number of fused-ring (bicyclic) bond motifs is 1. The molecule has 1 atom stereocenters. The minimum Gasteiger partial charge on any atom is -0.461 e. The molecule has 0 bridgehead atoms. The molecule has 0 aliphatic carbocycles. The molecular weight excluding hydrogens is 276 g/mol. The second kappa shape index (κ2) is 5.57. The standard InChI is InChI=1S/C17H20N4O/c1-13-16(15-6-2-3-7-17(15)22-13)10-20-8-4-5-14(20)9-21-12-18-11-19-21/h2-3,6-7,11-12,14H,4-5,8-10H2,1H3. The number of furan rings is 1. The number of benzene rings is 1. The maximum absolute atomic E-state index is 5.90. The van der Waals surface area contributed by atoms with Crippen molar-refractivity contribution in [1.82, 2.24) is 19.7 Å². The van der Waals surface area contributed by atoms with E-state index >= 15 is 0 Å². The summed E-state index contributed by atoms with van der Waals surface area (Å²) >= 11 is 0. The van der Waals surface area contributed by atoms with Gasteiger partial charge in [0.15, 0.2) is 0 Å². The molecule has 5 nitrogen and oxygen atoms in total. The molecule has 2 aromatic heterocycles. The molecule has 1 aliphatic rings. The average molecular weight is 296 g/mol. The first kappa shape index (κ1) is 13.5. The first-order chi connectivity index (χ1) is 10.8. The molecule has 4 rings (SSSR count). The normalized spacial score (nSPS) is 19.2. The van der Waals surface area contributed by atoms with Crippen LogP contribution in [0.5, 0.6) is 0 Å². The Morgan fingerprint density at radius 2 is 2.23 bits per heavy atom. The van der Waals surface area contributed by atoms with Crippen molar-refractivity contribution in [2.75, 3.05) is 6.54 Å². The van der Waals surface area contributed by atoms with Crippen molar-refractivity contribution in [3.63, 3.8) is 0 Å². The summed E-state index contributed by atoms with van der Waals surface area (Å²) in [5, 5.41) is 5.48. The zero-order valence-corrected chi connectivity index (χ0v) is 12.8. The van der Waals surface area contributed by atoms with E-state index in [1.807, 2.05) is 16.8 Å². The topological polar surface area (TPSA) is 47.1 Å². The lowest BCUT2D eigenvalue weighted by Crippen LogP contribution is -2.32. The predicted octanol–water partition coefficient (Wildman–Crippen LogP) is 3.00. The van der Waals surface area contributed by atoms with Crippen molar-refractivity contribution in [3.8, 4) is 0 Å². The van der Waals surface area contributed by atoms with Gasteiger partial charge >= 0.3 is 0 Å². The van der Waals surface area contributed by atoms with E-state index in [1.54, 1.807) is 12.7 Å². The summed E-state index contributed by atoms with van der Waals surface area (Å²) < 4.78 is 7.83. The Kier molecular flexibility index (Phi) is 3.42. The van der Waals surface area contributed by atoms with Gasteiger partial charge in [-0.2, -0.15) is 5.10 Å². The van der Waals surface area contributed by atoms with Crippen molar-refractivity contribution in [1.29, 1.82) is 0 Å². The number of para-hydroxylation sites is 1. The fourth-order valence-corrected chi connectivity index (χ4v) is 3.47. The van der Waals surface area contributed by atoms with Crippen LogP contribution < -0.4 is 0 Å². The Labute approximate surface area is 129 Å². The van der Waals surface area contributed by atoms with Crippen LogP contribution in [-0.4, -0.2) is 32.3 Å². The van der Waals surface area contributed by atoms with E-state index in [-0.39, 0.29) is 0 Å². The van der Waals surface area contributed by atoms with Crippen molar-refractivity contribution in [3.05, 3.63) is 48.2 Å². The maximum Gasteiger partial charge on any atom is 0.137 e. The molecule has 3 heterocycles. The number of hydrogen-bond donors (Lipinski definition) is 0. The van der Waals surface area contributed by atoms with Gasteiger partial charge in [-0.05, 0) is 32.4 Å². The molecular formula is C17H20N4O. The molecule has 1 aromatic carbocycles. The first-order valence-corrected chi connectivity index (χ1v) is 7.85. The van der Waals surface area contributed by atoms with Crippen LogP contribution in [0.1, 0.15) is 24.2 Å². The van der Waals surface area contributed by atoms with Gasteiger partial charge in [0, 0.05) is 23.5 Å². The highest BCUT2D eigenvalue weighted by molar-refractivity contribution is 5.82. The van der Waals surface area contributed by atoms with E-state index in [0.717, 1.165) is 31.0 Å². The average Bonchev–Trinajstić information content (AvgIpc) is 3.23. The summed E-state index contributed by atoms with van der Waals surface area (Å²) in [4.78, 5) is 6.59. The zero-order valence-electron chi connectivity index (χ0n) is 12.8. The van der Waals surface area contributed by atoms with Crippen LogP contribution in [-0.2, 0) is 13.1 Å². The number of likely N-dealkylation sites (tertiary alicyclic amines) is 1. The lowest BCUT2D eigenvalue weighted by molar-refractivity contribution is 0.218. The second-order valence-corrected chi connectivity index (χ2v) is 6.02. The molecule has 1 saturated heterocycles. The number of aryl methyl sites for hydroxylation is 1. The molecule has 1 fully saturated rings. The third-order valence-electron chi connectivity index (χ3n) is 4.62. The highest BCUT2D eigenvalue weighted by Crippen LogP contribution is 2.29. The van der Waals surface area contributed by atoms with Crippen molar-refractivity contribution >= 4 is 11.0 Å². The second-order valence-electron chi connectivity index (χ2n) is 6.02. The minimum absolute atomic E-state index is 0.523. The SMILES string of the molecule is Cc1oc2ccccc2c1CN1CCCC1Cn1cncn1. The van der Waals surface area contributed by atoms with Gasteiger partial charge in [0.2, 0.25) is 0 Å². The Bertz CT molecular complexity index is 762. The number of hydrogen-bond acceptors (Lipinski definition) is 4.